The summed E-state index contributed by atoms with van der Waals surface area (Å²) in [5.41, 5.74) is 2.15. The van der Waals surface area contributed by atoms with E-state index in [-0.39, 0.29) is 30.0 Å². The molecule has 37 heavy (non-hydrogen) atoms. The number of nitriles is 1. The van der Waals surface area contributed by atoms with Crippen molar-refractivity contribution in [2.45, 2.75) is 75.1 Å². The first-order chi connectivity index (χ1) is 17.9. The van der Waals surface area contributed by atoms with Gasteiger partial charge in [0.05, 0.1) is 52.6 Å². The van der Waals surface area contributed by atoms with Gasteiger partial charge in [-0.15, -0.1) is 0 Å². The molecule has 3 aliphatic rings. The van der Waals surface area contributed by atoms with Gasteiger partial charge in [-0.3, -0.25) is 9.78 Å². The van der Waals surface area contributed by atoms with E-state index in [4.69, 9.17) is 0 Å². The van der Waals surface area contributed by atoms with Crippen LogP contribution in [0, 0.1) is 17.2 Å². The van der Waals surface area contributed by atoms with Gasteiger partial charge >= 0.3 is 0 Å². The third kappa shape index (κ3) is 4.44. The van der Waals surface area contributed by atoms with Crippen molar-refractivity contribution in [2.75, 3.05) is 11.9 Å². The van der Waals surface area contributed by atoms with Crippen LogP contribution in [0.3, 0.4) is 0 Å². The lowest BCUT2D eigenvalue weighted by Gasteiger charge is -2.48. The van der Waals surface area contributed by atoms with Gasteiger partial charge in [-0.1, -0.05) is 6.42 Å². The quantitative estimate of drug-likeness (QED) is 0.461. The molecule has 3 N–H and O–H groups in total. The van der Waals surface area contributed by atoms with Gasteiger partial charge in [0, 0.05) is 11.7 Å². The number of hydrogen-bond acceptors (Lipinski definition) is 6. The lowest BCUT2D eigenvalue weighted by molar-refractivity contribution is 0.0170. The Morgan fingerprint density at radius 3 is 2.84 bits per heavy atom. The molecule has 3 aromatic heterocycles. The molecule has 3 heterocycles. The minimum Gasteiger partial charge on any atom is -0.393 e. The predicted molar refractivity (Wildman–Crippen MR) is 137 cm³/mol. The smallest absolute Gasteiger partial charge is 0.255 e. The lowest BCUT2D eigenvalue weighted by Crippen LogP contribution is -2.50. The Bertz CT molecular complexity index is 1390. The molecule has 3 unspecified atom stereocenters. The molecule has 0 saturated heterocycles. The normalized spacial score (nSPS) is 26.2. The number of anilines is 1. The SMILES string of the molecule is N#Cc1cnn2c(-c3cc(NC45CCCC(C4)C(O)CC5)c(C(=O)NCC4(F)CCC4)cn3)ccc2c1. The van der Waals surface area contributed by atoms with Crippen LogP contribution in [0.4, 0.5) is 10.1 Å². The zero-order valence-electron chi connectivity index (χ0n) is 20.7. The number of halogens is 1. The molecule has 3 aromatic rings. The highest BCUT2D eigenvalue weighted by atomic mass is 19.1. The fourth-order valence-electron chi connectivity index (χ4n) is 6.29. The Morgan fingerprint density at radius 1 is 1.19 bits per heavy atom. The van der Waals surface area contributed by atoms with Gasteiger partial charge in [0.2, 0.25) is 0 Å². The van der Waals surface area contributed by atoms with Crippen LogP contribution in [-0.2, 0) is 0 Å². The van der Waals surface area contributed by atoms with E-state index in [0.29, 0.717) is 35.3 Å². The number of carbonyl (C=O) groups excluding carboxylic acids is 1. The Hall–Kier alpha value is -3.51. The highest BCUT2D eigenvalue weighted by Crippen LogP contribution is 2.45. The standard InChI is InChI=1S/C28H31FN6O2/c29-27(7-2-8-27)17-32-26(37)21-16-31-23(24-5-4-20-11-18(14-30)15-33-35(20)24)12-22(21)34-28-9-1-3-19(13-28)25(36)6-10-28/h4-5,11-12,15-16,19,25,36H,1-3,6-10,13,17H2,(H,31,34)(H,32,37). The molecular formula is C28H31FN6O2. The van der Waals surface area contributed by atoms with Crippen molar-refractivity contribution in [3.05, 3.63) is 47.8 Å². The van der Waals surface area contributed by atoms with Crippen LogP contribution in [0.15, 0.2) is 36.7 Å². The second kappa shape index (κ2) is 9.10. The minimum atomic E-state index is -1.32. The fraction of sp³-hybridized carbons (Fsp3) is 0.500. The van der Waals surface area contributed by atoms with Crippen molar-refractivity contribution in [1.82, 2.24) is 19.9 Å². The van der Waals surface area contributed by atoms with Gasteiger partial charge in [-0.25, -0.2) is 8.91 Å². The average molecular weight is 503 g/mol. The number of aliphatic hydroxyl groups is 1. The largest absolute Gasteiger partial charge is 0.393 e. The molecule has 192 valence electrons. The Morgan fingerprint density at radius 2 is 2.05 bits per heavy atom. The highest BCUT2D eigenvalue weighted by Gasteiger charge is 2.43. The van der Waals surface area contributed by atoms with Crippen LogP contribution in [-0.4, -0.2) is 49.5 Å². The number of nitrogens with zero attached hydrogens (tertiary/aromatic N) is 4. The molecule has 3 atom stereocenters. The van der Waals surface area contributed by atoms with E-state index >= 15 is 0 Å². The number of alkyl halides is 1. The number of nitrogens with one attached hydrogen (secondary N) is 2. The number of amides is 1. The third-order valence-electron chi connectivity index (χ3n) is 8.60. The summed E-state index contributed by atoms with van der Waals surface area (Å²) < 4.78 is 16.3. The third-order valence-corrected chi connectivity index (χ3v) is 8.60. The topological polar surface area (TPSA) is 115 Å². The van der Waals surface area contributed by atoms with Crippen molar-refractivity contribution in [3.8, 4) is 17.5 Å². The van der Waals surface area contributed by atoms with Gasteiger partial charge in [-0.05, 0) is 81.5 Å². The molecule has 6 rings (SSSR count). The van der Waals surface area contributed by atoms with Gasteiger partial charge in [-0.2, -0.15) is 10.4 Å². The van der Waals surface area contributed by atoms with E-state index < -0.39 is 5.67 Å². The molecule has 2 bridgehead atoms. The first-order valence-corrected chi connectivity index (χ1v) is 13.2. The van der Waals surface area contributed by atoms with Crippen LogP contribution in [0.5, 0.6) is 0 Å². The number of pyridine rings is 1. The van der Waals surface area contributed by atoms with E-state index in [0.717, 1.165) is 56.2 Å². The summed E-state index contributed by atoms with van der Waals surface area (Å²) in [6, 6.07) is 9.51. The molecule has 0 aromatic carbocycles. The molecule has 0 radical (unpaired) electrons. The summed E-state index contributed by atoms with van der Waals surface area (Å²) in [6.07, 6.45) is 10.0. The molecule has 8 nitrogen and oxygen atoms in total. The predicted octanol–water partition coefficient (Wildman–Crippen LogP) is 4.39. The van der Waals surface area contributed by atoms with Crippen LogP contribution < -0.4 is 10.6 Å². The number of aliphatic hydroxyl groups excluding tert-OH is 1. The van der Waals surface area contributed by atoms with E-state index in [9.17, 15) is 19.6 Å². The summed E-state index contributed by atoms with van der Waals surface area (Å²) in [4.78, 5) is 17.8. The maximum Gasteiger partial charge on any atom is 0.255 e. The molecule has 3 aliphatic carbocycles. The van der Waals surface area contributed by atoms with Crippen LogP contribution >= 0.6 is 0 Å². The molecule has 3 fully saturated rings. The van der Waals surface area contributed by atoms with Crippen LogP contribution in [0.1, 0.15) is 73.7 Å². The molecule has 0 spiro atoms. The van der Waals surface area contributed by atoms with Crippen molar-refractivity contribution in [2.24, 2.45) is 5.92 Å². The van der Waals surface area contributed by atoms with Crippen molar-refractivity contribution in [1.29, 1.82) is 5.26 Å². The van der Waals surface area contributed by atoms with E-state index in [1.165, 1.54) is 6.20 Å². The molecule has 3 saturated carbocycles. The second-order valence-corrected chi connectivity index (χ2v) is 11.1. The number of carbonyl (C=O) groups is 1. The van der Waals surface area contributed by atoms with E-state index in [1.807, 2.05) is 18.2 Å². The van der Waals surface area contributed by atoms with Gasteiger partial charge in [0.15, 0.2) is 0 Å². The number of aromatic nitrogens is 3. The maximum absolute atomic E-state index is 14.6. The average Bonchev–Trinajstić information content (AvgIpc) is 3.32. The Balaban J connectivity index is 1.36. The summed E-state index contributed by atoms with van der Waals surface area (Å²) in [6.45, 7) is 0.000913. The number of fused-ring (bicyclic) bond motifs is 3. The molecule has 1 amide bonds. The summed E-state index contributed by atoms with van der Waals surface area (Å²) in [5, 5.41) is 30.6. The summed E-state index contributed by atoms with van der Waals surface area (Å²) in [5.74, 6) is -0.0893. The van der Waals surface area contributed by atoms with Gasteiger partial charge < -0.3 is 15.7 Å². The van der Waals surface area contributed by atoms with E-state index in [1.54, 1.807) is 16.8 Å². The van der Waals surface area contributed by atoms with Crippen LogP contribution in [0.25, 0.3) is 16.9 Å². The lowest BCUT2D eigenvalue weighted by atomic mass is 9.66. The fourth-order valence-corrected chi connectivity index (χ4v) is 6.29. The number of hydrogen-bond donors (Lipinski definition) is 3. The van der Waals surface area contributed by atoms with Gasteiger partial charge in [0.1, 0.15) is 11.7 Å². The molecule has 9 heteroatoms. The van der Waals surface area contributed by atoms with Crippen molar-refractivity contribution in [3.63, 3.8) is 0 Å². The minimum absolute atomic E-state index is 0.000913. The van der Waals surface area contributed by atoms with Crippen molar-refractivity contribution >= 4 is 17.1 Å². The zero-order valence-corrected chi connectivity index (χ0v) is 20.7. The van der Waals surface area contributed by atoms with Crippen molar-refractivity contribution < 1.29 is 14.3 Å². The number of rotatable bonds is 6. The zero-order chi connectivity index (χ0) is 25.6. The van der Waals surface area contributed by atoms with E-state index in [2.05, 4.69) is 26.8 Å². The Labute approximate surface area is 214 Å². The summed E-state index contributed by atoms with van der Waals surface area (Å²) in [7, 11) is 0. The highest BCUT2D eigenvalue weighted by molar-refractivity contribution is 6.00. The maximum atomic E-state index is 14.6. The first kappa shape index (κ1) is 23.9. The molecular weight excluding hydrogens is 471 g/mol. The summed E-state index contributed by atoms with van der Waals surface area (Å²) >= 11 is 0. The van der Waals surface area contributed by atoms with Crippen LogP contribution in [0.2, 0.25) is 0 Å². The molecule has 0 aliphatic heterocycles. The Kier molecular flexibility index (Phi) is 5.87. The second-order valence-electron chi connectivity index (χ2n) is 11.1. The first-order valence-electron chi connectivity index (χ1n) is 13.2. The van der Waals surface area contributed by atoms with Gasteiger partial charge in [0.25, 0.3) is 5.91 Å². The monoisotopic (exact) mass is 502 g/mol.